The molecule has 0 aromatic heterocycles. The maximum atomic E-state index is 13.7. The molecular formula is C25H28N2O5. The molecule has 3 heterocycles. The molecule has 3 aliphatic rings. The van der Waals surface area contributed by atoms with Crippen LogP contribution in [0.2, 0.25) is 0 Å². The Morgan fingerprint density at radius 1 is 1.06 bits per heavy atom. The lowest BCUT2D eigenvalue weighted by Gasteiger charge is -2.25. The van der Waals surface area contributed by atoms with Crippen molar-refractivity contribution in [2.45, 2.75) is 44.4 Å². The minimum atomic E-state index is -1.03. The van der Waals surface area contributed by atoms with Gasteiger partial charge in [-0.05, 0) is 24.6 Å². The minimum Gasteiger partial charge on any atom is -0.491 e. The van der Waals surface area contributed by atoms with Crippen molar-refractivity contribution in [3.8, 4) is 17.2 Å². The summed E-state index contributed by atoms with van der Waals surface area (Å²) in [6.07, 6.45) is 4.61. The number of benzene rings is 2. The van der Waals surface area contributed by atoms with Crippen molar-refractivity contribution in [2.24, 2.45) is 0 Å². The van der Waals surface area contributed by atoms with E-state index >= 15 is 0 Å². The van der Waals surface area contributed by atoms with Gasteiger partial charge in [-0.2, -0.15) is 0 Å². The average Bonchev–Trinajstić information content (AvgIpc) is 3.27. The fraction of sp³-hybridized carbons (Fsp3) is 0.440. The number of amides is 2. The SMILES string of the molecule is CCCCCCC(=O)Nc1cccc2c1C1(COc3cc4c(cc31)OCCO4)C(=O)N2C. The van der Waals surface area contributed by atoms with Crippen molar-refractivity contribution in [1.29, 1.82) is 0 Å². The number of unbranched alkanes of at least 4 members (excludes halogenated alkanes) is 3. The first-order valence-electron chi connectivity index (χ1n) is 11.3. The molecule has 7 nitrogen and oxygen atoms in total. The van der Waals surface area contributed by atoms with Crippen LogP contribution in [-0.2, 0) is 15.0 Å². The molecule has 0 saturated heterocycles. The van der Waals surface area contributed by atoms with Crippen molar-refractivity contribution in [1.82, 2.24) is 0 Å². The Morgan fingerprint density at radius 3 is 2.62 bits per heavy atom. The van der Waals surface area contributed by atoms with Gasteiger partial charge < -0.3 is 24.4 Å². The summed E-state index contributed by atoms with van der Waals surface area (Å²) in [7, 11) is 1.77. The lowest BCUT2D eigenvalue weighted by Crippen LogP contribution is -2.41. The van der Waals surface area contributed by atoms with Crippen LogP contribution in [0.15, 0.2) is 30.3 Å². The number of rotatable bonds is 6. The van der Waals surface area contributed by atoms with Gasteiger partial charge >= 0.3 is 0 Å². The largest absolute Gasteiger partial charge is 0.491 e. The molecule has 1 N–H and O–H groups in total. The Bertz CT molecular complexity index is 1080. The topological polar surface area (TPSA) is 77.1 Å². The van der Waals surface area contributed by atoms with E-state index in [0.29, 0.717) is 42.6 Å². The smallest absolute Gasteiger partial charge is 0.245 e. The van der Waals surface area contributed by atoms with Gasteiger partial charge in [0.15, 0.2) is 11.5 Å². The molecule has 0 fully saturated rings. The molecule has 1 spiro atoms. The summed E-state index contributed by atoms with van der Waals surface area (Å²) in [5, 5.41) is 3.08. The maximum absolute atomic E-state index is 13.7. The van der Waals surface area contributed by atoms with Crippen LogP contribution in [0.5, 0.6) is 17.2 Å². The molecule has 32 heavy (non-hydrogen) atoms. The van der Waals surface area contributed by atoms with E-state index in [0.717, 1.165) is 42.5 Å². The number of nitrogens with one attached hydrogen (secondary N) is 1. The molecule has 1 atom stereocenters. The minimum absolute atomic E-state index is 0.0343. The molecule has 2 aromatic carbocycles. The van der Waals surface area contributed by atoms with Gasteiger partial charge in [-0.1, -0.05) is 32.3 Å². The highest BCUT2D eigenvalue weighted by Gasteiger charge is 2.57. The molecule has 0 radical (unpaired) electrons. The molecule has 0 saturated carbocycles. The third kappa shape index (κ3) is 3.10. The number of ether oxygens (including phenoxy) is 3. The Kier molecular flexibility index (Phi) is 5.19. The van der Waals surface area contributed by atoms with E-state index in [-0.39, 0.29) is 18.4 Å². The number of carbonyl (C=O) groups excluding carboxylic acids is 2. The molecule has 2 amide bonds. The fourth-order valence-electron chi connectivity index (χ4n) is 4.97. The second kappa shape index (κ2) is 8.04. The van der Waals surface area contributed by atoms with Crippen LogP contribution in [0, 0.1) is 0 Å². The van der Waals surface area contributed by atoms with Gasteiger partial charge in [-0.3, -0.25) is 9.59 Å². The number of carbonyl (C=O) groups is 2. The summed E-state index contributed by atoms with van der Waals surface area (Å²) in [5.41, 5.74) is 1.95. The summed E-state index contributed by atoms with van der Waals surface area (Å²) in [5.74, 6) is 1.74. The molecule has 2 aromatic rings. The Morgan fingerprint density at radius 2 is 1.84 bits per heavy atom. The highest BCUT2D eigenvalue weighted by atomic mass is 16.6. The van der Waals surface area contributed by atoms with Crippen molar-refractivity contribution >= 4 is 23.2 Å². The second-order valence-electron chi connectivity index (χ2n) is 8.61. The maximum Gasteiger partial charge on any atom is 0.245 e. The van der Waals surface area contributed by atoms with E-state index in [1.807, 2.05) is 24.3 Å². The highest BCUT2D eigenvalue weighted by molar-refractivity contribution is 6.14. The molecule has 5 rings (SSSR count). The second-order valence-corrected chi connectivity index (χ2v) is 8.61. The van der Waals surface area contributed by atoms with E-state index in [1.54, 1.807) is 18.0 Å². The van der Waals surface area contributed by atoms with Gasteiger partial charge in [0, 0.05) is 36.3 Å². The number of hydrogen-bond donors (Lipinski definition) is 1. The number of fused-ring (bicyclic) bond motifs is 5. The number of hydrogen-bond acceptors (Lipinski definition) is 5. The molecular weight excluding hydrogens is 408 g/mol. The van der Waals surface area contributed by atoms with Crippen LogP contribution < -0.4 is 24.4 Å². The van der Waals surface area contributed by atoms with Gasteiger partial charge in [-0.15, -0.1) is 0 Å². The van der Waals surface area contributed by atoms with Gasteiger partial charge in [0.25, 0.3) is 0 Å². The molecule has 0 aliphatic carbocycles. The summed E-state index contributed by atoms with van der Waals surface area (Å²) in [4.78, 5) is 28.0. The zero-order valence-corrected chi connectivity index (χ0v) is 18.5. The Hall–Kier alpha value is -3.22. The van der Waals surface area contributed by atoms with Crippen LogP contribution in [0.3, 0.4) is 0 Å². The van der Waals surface area contributed by atoms with Gasteiger partial charge in [-0.25, -0.2) is 0 Å². The highest BCUT2D eigenvalue weighted by Crippen LogP contribution is 2.56. The van der Waals surface area contributed by atoms with Gasteiger partial charge in [0.1, 0.15) is 31.0 Å². The monoisotopic (exact) mass is 436 g/mol. The van der Waals surface area contributed by atoms with Gasteiger partial charge in [0.05, 0.1) is 5.69 Å². The number of nitrogens with zero attached hydrogens (tertiary/aromatic N) is 1. The zero-order chi connectivity index (χ0) is 22.3. The summed E-state index contributed by atoms with van der Waals surface area (Å²) in [6, 6.07) is 9.32. The standard InChI is InChI=1S/C25H28N2O5/c1-3-4-5-6-10-22(28)26-17-8-7-9-18-23(17)25(24(29)27(18)2)15-32-19-14-21-20(13-16(19)25)30-11-12-31-21/h7-9,13-14H,3-6,10-12,15H2,1-2H3,(H,26,28). The summed E-state index contributed by atoms with van der Waals surface area (Å²) in [6.45, 7) is 3.26. The van der Waals surface area contributed by atoms with Crippen molar-refractivity contribution in [3.63, 3.8) is 0 Å². The molecule has 1 unspecified atom stereocenters. The predicted octanol–water partition coefficient (Wildman–Crippen LogP) is 4.02. The Labute approximate surface area is 187 Å². The number of likely N-dealkylation sites (N-methyl/N-ethyl adjacent to an activating group) is 1. The first kappa shape index (κ1) is 20.7. The normalized spacial score (nSPS) is 20.2. The Balaban J connectivity index is 1.54. The summed E-state index contributed by atoms with van der Waals surface area (Å²) >= 11 is 0. The van der Waals surface area contributed by atoms with Crippen LogP contribution in [0.4, 0.5) is 11.4 Å². The number of anilines is 2. The average molecular weight is 437 g/mol. The van der Waals surface area contributed by atoms with Crippen LogP contribution >= 0.6 is 0 Å². The van der Waals surface area contributed by atoms with E-state index in [1.165, 1.54) is 0 Å². The van der Waals surface area contributed by atoms with Crippen molar-refractivity contribution < 1.29 is 23.8 Å². The third-order valence-corrected chi connectivity index (χ3v) is 6.58. The molecule has 3 aliphatic heterocycles. The van der Waals surface area contributed by atoms with Gasteiger partial charge in [0.2, 0.25) is 11.8 Å². The van der Waals surface area contributed by atoms with E-state index < -0.39 is 5.41 Å². The third-order valence-electron chi connectivity index (χ3n) is 6.58. The van der Waals surface area contributed by atoms with E-state index in [2.05, 4.69) is 12.2 Å². The molecule has 0 bridgehead atoms. The quantitative estimate of drug-likeness (QED) is 0.692. The molecule has 7 heteroatoms. The van der Waals surface area contributed by atoms with Crippen LogP contribution in [0.25, 0.3) is 0 Å². The summed E-state index contributed by atoms with van der Waals surface area (Å²) < 4.78 is 17.5. The zero-order valence-electron chi connectivity index (χ0n) is 18.5. The fourth-order valence-corrected chi connectivity index (χ4v) is 4.97. The lowest BCUT2D eigenvalue weighted by molar-refractivity contribution is -0.122. The van der Waals surface area contributed by atoms with E-state index in [4.69, 9.17) is 14.2 Å². The van der Waals surface area contributed by atoms with E-state index in [9.17, 15) is 9.59 Å². The first-order chi connectivity index (χ1) is 15.6. The van der Waals surface area contributed by atoms with Crippen molar-refractivity contribution in [3.05, 3.63) is 41.5 Å². The predicted molar refractivity (Wildman–Crippen MR) is 121 cm³/mol. The first-order valence-corrected chi connectivity index (χ1v) is 11.3. The van der Waals surface area contributed by atoms with Crippen molar-refractivity contribution in [2.75, 3.05) is 37.1 Å². The molecule has 168 valence electrons. The van der Waals surface area contributed by atoms with Crippen LogP contribution in [0.1, 0.15) is 50.2 Å². The van der Waals surface area contributed by atoms with Crippen LogP contribution in [-0.4, -0.2) is 38.7 Å². The lowest BCUT2D eigenvalue weighted by atomic mass is 9.76.